The van der Waals surface area contributed by atoms with Gasteiger partial charge in [-0.05, 0) is 64.1 Å². The van der Waals surface area contributed by atoms with Crippen LogP contribution in [-0.2, 0) is 0 Å². The third kappa shape index (κ3) is 5.37. The van der Waals surface area contributed by atoms with Crippen LogP contribution >= 0.6 is 0 Å². The van der Waals surface area contributed by atoms with Crippen LogP contribution in [0.5, 0.6) is 0 Å². The van der Waals surface area contributed by atoms with Crippen molar-refractivity contribution < 1.29 is 0 Å². The van der Waals surface area contributed by atoms with Gasteiger partial charge in [0, 0.05) is 12.1 Å². The fraction of sp³-hybridized carbons (Fsp3) is 1.00. The highest BCUT2D eigenvalue weighted by Crippen LogP contribution is 2.35. The summed E-state index contributed by atoms with van der Waals surface area (Å²) in [4.78, 5) is 2.84. The third-order valence-corrected chi connectivity index (χ3v) is 5.28. The predicted molar refractivity (Wildman–Crippen MR) is 88.2 cm³/mol. The molecule has 0 radical (unpaired) electrons. The first-order valence-corrected chi connectivity index (χ1v) is 9.25. The highest BCUT2D eigenvalue weighted by Gasteiger charge is 2.32. The smallest absolute Gasteiger partial charge is 0.0124 e. The zero-order valence-electron chi connectivity index (χ0n) is 13.9. The fourth-order valence-corrected chi connectivity index (χ4v) is 4.19. The van der Waals surface area contributed by atoms with E-state index in [0.29, 0.717) is 6.04 Å². The average Bonchev–Trinajstić information content (AvgIpc) is 3.07. The van der Waals surface area contributed by atoms with Crippen LogP contribution in [-0.4, -0.2) is 36.6 Å². The van der Waals surface area contributed by atoms with Crippen LogP contribution in [0.2, 0.25) is 0 Å². The van der Waals surface area contributed by atoms with E-state index in [-0.39, 0.29) is 0 Å². The van der Waals surface area contributed by atoms with Crippen molar-refractivity contribution in [2.45, 2.75) is 90.1 Å². The number of nitrogens with zero attached hydrogens (tertiary/aromatic N) is 1. The van der Waals surface area contributed by atoms with Crippen LogP contribution in [0.25, 0.3) is 0 Å². The summed E-state index contributed by atoms with van der Waals surface area (Å²) in [6.45, 7) is 8.42. The minimum absolute atomic E-state index is 0.645. The molecule has 2 fully saturated rings. The Bertz CT molecular complexity index is 246. The first-order valence-electron chi connectivity index (χ1n) is 9.25. The van der Waals surface area contributed by atoms with Gasteiger partial charge >= 0.3 is 0 Å². The molecule has 2 rings (SSSR count). The first kappa shape index (κ1) is 16.3. The molecule has 0 aromatic heterocycles. The molecule has 0 bridgehead atoms. The summed E-state index contributed by atoms with van der Waals surface area (Å²) in [7, 11) is 0. The summed E-state index contributed by atoms with van der Waals surface area (Å²) in [5, 5.41) is 3.51. The molecule has 1 unspecified atom stereocenters. The summed E-state index contributed by atoms with van der Waals surface area (Å²) in [6, 6.07) is 1.60. The molecule has 1 atom stereocenters. The molecule has 0 aromatic carbocycles. The monoisotopic (exact) mass is 280 g/mol. The number of rotatable bonds is 9. The largest absolute Gasteiger partial charge is 0.315 e. The van der Waals surface area contributed by atoms with Crippen molar-refractivity contribution in [2.75, 3.05) is 19.6 Å². The molecule has 1 N–H and O–H groups in total. The molecule has 2 heteroatoms. The lowest BCUT2D eigenvalue weighted by Gasteiger charge is -2.29. The van der Waals surface area contributed by atoms with Crippen molar-refractivity contribution >= 4 is 0 Å². The van der Waals surface area contributed by atoms with E-state index in [1.54, 1.807) is 0 Å². The minimum atomic E-state index is 0.645. The van der Waals surface area contributed by atoms with E-state index in [1.165, 1.54) is 83.8 Å². The van der Waals surface area contributed by atoms with Crippen molar-refractivity contribution in [3.8, 4) is 0 Å². The lowest BCUT2D eigenvalue weighted by molar-refractivity contribution is 0.187. The van der Waals surface area contributed by atoms with Gasteiger partial charge in [0.25, 0.3) is 0 Å². The maximum atomic E-state index is 3.51. The molecule has 2 nitrogen and oxygen atoms in total. The van der Waals surface area contributed by atoms with E-state index in [0.717, 1.165) is 12.0 Å². The second-order valence-electron chi connectivity index (χ2n) is 7.31. The maximum Gasteiger partial charge on any atom is 0.0124 e. The zero-order valence-corrected chi connectivity index (χ0v) is 13.9. The van der Waals surface area contributed by atoms with Crippen molar-refractivity contribution in [1.82, 2.24) is 10.2 Å². The number of unbranched alkanes of at least 4 members (excludes halogenated alkanes) is 3. The predicted octanol–water partition coefficient (Wildman–Crippen LogP) is 4.20. The van der Waals surface area contributed by atoms with Gasteiger partial charge in [-0.2, -0.15) is 0 Å². The summed E-state index contributed by atoms with van der Waals surface area (Å²) < 4.78 is 0. The van der Waals surface area contributed by atoms with Crippen LogP contribution in [0.4, 0.5) is 0 Å². The van der Waals surface area contributed by atoms with Gasteiger partial charge in [-0.3, -0.25) is 0 Å². The molecule has 1 saturated carbocycles. The van der Waals surface area contributed by atoms with Gasteiger partial charge in [-0.1, -0.05) is 39.5 Å². The minimum Gasteiger partial charge on any atom is -0.315 e. The SMILES string of the molecule is CC(C)NCCCCCCN1CCCC1C1CCCC1. The molecular weight excluding hydrogens is 244 g/mol. The Balaban J connectivity index is 1.52. The molecular formula is C18H36N2. The van der Waals surface area contributed by atoms with E-state index in [4.69, 9.17) is 0 Å². The van der Waals surface area contributed by atoms with E-state index in [9.17, 15) is 0 Å². The first-order chi connectivity index (χ1) is 9.77. The van der Waals surface area contributed by atoms with Gasteiger partial charge in [0.05, 0.1) is 0 Å². The quantitative estimate of drug-likeness (QED) is 0.637. The molecule has 2 aliphatic rings. The Labute approximate surface area is 126 Å². The van der Waals surface area contributed by atoms with Gasteiger partial charge in [-0.25, -0.2) is 0 Å². The summed E-state index contributed by atoms with van der Waals surface area (Å²) in [5.74, 6) is 1.05. The van der Waals surface area contributed by atoms with Gasteiger partial charge in [-0.15, -0.1) is 0 Å². The Kier molecular flexibility index (Phi) is 7.37. The molecule has 118 valence electrons. The Morgan fingerprint density at radius 2 is 1.70 bits per heavy atom. The second-order valence-corrected chi connectivity index (χ2v) is 7.31. The molecule has 0 spiro atoms. The third-order valence-electron chi connectivity index (χ3n) is 5.28. The number of hydrogen-bond donors (Lipinski definition) is 1. The topological polar surface area (TPSA) is 15.3 Å². The van der Waals surface area contributed by atoms with Crippen molar-refractivity contribution in [3.05, 3.63) is 0 Å². The second kappa shape index (κ2) is 9.04. The number of likely N-dealkylation sites (tertiary alicyclic amines) is 1. The molecule has 20 heavy (non-hydrogen) atoms. The number of hydrogen-bond acceptors (Lipinski definition) is 2. The highest BCUT2D eigenvalue weighted by atomic mass is 15.2. The maximum absolute atomic E-state index is 3.51. The van der Waals surface area contributed by atoms with Gasteiger partial charge in [0.15, 0.2) is 0 Å². The molecule has 1 aliphatic heterocycles. The molecule has 0 aromatic rings. The standard InChI is InChI=1S/C18H36N2/c1-16(2)19-13-7-3-4-8-14-20-15-9-12-18(20)17-10-5-6-11-17/h16-19H,3-15H2,1-2H3. The fourth-order valence-electron chi connectivity index (χ4n) is 4.19. The molecule has 0 amide bonds. The van der Waals surface area contributed by atoms with Gasteiger partial charge in [0.1, 0.15) is 0 Å². The summed E-state index contributed by atoms with van der Waals surface area (Å²) in [5.41, 5.74) is 0. The van der Waals surface area contributed by atoms with Crippen molar-refractivity contribution in [3.63, 3.8) is 0 Å². The average molecular weight is 280 g/mol. The lowest BCUT2D eigenvalue weighted by Crippen LogP contribution is -2.35. The Hall–Kier alpha value is -0.0800. The molecule has 1 saturated heterocycles. The van der Waals surface area contributed by atoms with Crippen LogP contribution in [0.1, 0.15) is 78.1 Å². The van der Waals surface area contributed by atoms with E-state index in [2.05, 4.69) is 24.1 Å². The highest BCUT2D eigenvalue weighted by molar-refractivity contribution is 4.87. The Morgan fingerprint density at radius 1 is 0.950 bits per heavy atom. The van der Waals surface area contributed by atoms with E-state index >= 15 is 0 Å². The molecule has 1 aliphatic carbocycles. The van der Waals surface area contributed by atoms with Crippen LogP contribution in [0.3, 0.4) is 0 Å². The van der Waals surface area contributed by atoms with Crippen LogP contribution < -0.4 is 5.32 Å². The van der Waals surface area contributed by atoms with Crippen molar-refractivity contribution in [2.24, 2.45) is 5.92 Å². The summed E-state index contributed by atoms with van der Waals surface area (Å²) >= 11 is 0. The summed E-state index contributed by atoms with van der Waals surface area (Å²) in [6.07, 6.45) is 14.6. The van der Waals surface area contributed by atoms with Crippen molar-refractivity contribution in [1.29, 1.82) is 0 Å². The van der Waals surface area contributed by atoms with Crippen LogP contribution in [0, 0.1) is 5.92 Å². The Morgan fingerprint density at radius 3 is 2.45 bits per heavy atom. The van der Waals surface area contributed by atoms with E-state index < -0.39 is 0 Å². The molecule has 1 heterocycles. The normalized spacial score (nSPS) is 25.1. The van der Waals surface area contributed by atoms with Crippen LogP contribution in [0.15, 0.2) is 0 Å². The van der Waals surface area contributed by atoms with Gasteiger partial charge in [0.2, 0.25) is 0 Å². The van der Waals surface area contributed by atoms with Gasteiger partial charge < -0.3 is 10.2 Å². The van der Waals surface area contributed by atoms with E-state index in [1.807, 2.05) is 0 Å². The lowest BCUT2D eigenvalue weighted by atomic mass is 9.96. The zero-order chi connectivity index (χ0) is 14.2. The number of nitrogens with one attached hydrogen (secondary N) is 1.